The third kappa shape index (κ3) is 2.85. The molecule has 1 N–H and O–H groups in total. The van der Waals surface area contributed by atoms with Gasteiger partial charge in [-0.25, -0.2) is 9.18 Å². The minimum Gasteiger partial charge on any atom is -0.417 e. The summed E-state index contributed by atoms with van der Waals surface area (Å²) in [7, 11) is 0. The molecule has 0 saturated carbocycles. The number of nitrogens with one attached hydrogen (secondary N) is 1. The molecule has 0 fully saturated rings. The second-order valence-corrected chi connectivity index (χ2v) is 5.35. The van der Waals surface area contributed by atoms with Crippen molar-refractivity contribution < 1.29 is 13.6 Å². The van der Waals surface area contributed by atoms with E-state index in [4.69, 9.17) is 4.42 Å². The van der Waals surface area contributed by atoms with Crippen molar-refractivity contribution in [2.75, 3.05) is 5.32 Å². The Morgan fingerprint density at radius 2 is 1.78 bits per heavy atom. The maximum absolute atomic E-state index is 13.2. The van der Waals surface area contributed by atoms with Crippen LogP contribution in [0, 0.1) is 19.7 Å². The first kappa shape index (κ1) is 15.0. The van der Waals surface area contributed by atoms with E-state index in [2.05, 4.69) is 5.32 Å². The van der Waals surface area contributed by atoms with Gasteiger partial charge in [0.25, 0.3) is 5.91 Å². The van der Waals surface area contributed by atoms with Crippen LogP contribution in [0.5, 0.6) is 0 Å². The molecule has 23 heavy (non-hydrogen) atoms. The van der Waals surface area contributed by atoms with Crippen LogP contribution in [-0.4, -0.2) is 5.91 Å². The molecule has 1 heterocycles. The van der Waals surface area contributed by atoms with Crippen molar-refractivity contribution in [2.45, 2.75) is 13.8 Å². The van der Waals surface area contributed by atoms with Crippen LogP contribution < -0.4 is 10.9 Å². The summed E-state index contributed by atoms with van der Waals surface area (Å²) < 4.78 is 18.2. The number of amides is 1. The third-order valence-electron chi connectivity index (χ3n) is 3.67. The van der Waals surface area contributed by atoms with E-state index in [1.54, 1.807) is 0 Å². The van der Waals surface area contributed by atoms with Crippen LogP contribution in [0.2, 0.25) is 0 Å². The predicted octanol–water partition coefficient (Wildman–Crippen LogP) is 3.80. The molecule has 0 spiro atoms. The first-order valence-corrected chi connectivity index (χ1v) is 7.06. The van der Waals surface area contributed by atoms with E-state index in [1.807, 2.05) is 32.0 Å². The number of rotatable bonds is 2. The number of hydrogen-bond acceptors (Lipinski definition) is 3. The van der Waals surface area contributed by atoms with Crippen LogP contribution in [0.4, 0.5) is 10.1 Å². The van der Waals surface area contributed by atoms with Crippen molar-refractivity contribution in [1.29, 1.82) is 0 Å². The van der Waals surface area contributed by atoms with Crippen molar-refractivity contribution in [2.24, 2.45) is 0 Å². The molecular weight excluding hydrogens is 297 g/mol. The zero-order chi connectivity index (χ0) is 16.6. The summed E-state index contributed by atoms with van der Waals surface area (Å²) in [5, 5.41) is 3.31. The molecule has 0 aliphatic rings. The van der Waals surface area contributed by atoms with Crippen molar-refractivity contribution in [1.82, 2.24) is 0 Å². The highest BCUT2D eigenvalue weighted by atomic mass is 19.1. The van der Waals surface area contributed by atoms with Gasteiger partial charge in [-0.15, -0.1) is 0 Å². The van der Waals surface area contributed by atoms with E-state index in [0.717, 1.165) is 17.2 Å². The van der Waals surface area contributed by atoms with E-state index in [1.165, 1.54) is 18.2 Å². The lowest BCUT2D eigenvalue weighted by molar-refractivity contribution is 0.0993. The molecule has 1 amide bonds. The van der Waals surface area contributed by atoms with E-state index in [-0.39, 0.29) is 11.1 Å². The summed E-state index contributed by atoms with van der Waals surface area (Å²) in [6.45, 7) is 3.75. The fourth-order valence-electron chi connectivity index (χ4n) is 2.46. The van der Waals surface area contributed by atoms with Gasteiger partial charge in [0.05, 0.1) is 5.39 Å². The maximum Gasteiger partial charge on any atom is 0.344 e. The number of para-hydroxylation sites is 1. The normalized spacial score (nSPS) is 10.7. The molecule has 0 unspecified atom stereocenters. The number of aryl methyl sites for hydroxylation is 2. The fourth-order valence-corrected chi connectivity index (χ4v) is 2.46. The molecule has 0 saturated heterocycles. The van der Waals surface area contributed by atoms with Gasteiger partial charge in [0, 0.05) is 5.69 Å². The van der Waals surface area contributed by atoms with Crippen molar-refractivity contribution >= 4 is 22.4 Å². The second kappa shape index (κ2) is 5.68. The largest absolute Gasteiger partial charge is 0.417 e. The molecule has 5 heteroatoms. The summed E-state index contributed by atoms with van der Waals surface area (Å²) in [5.74, 6) is -1.17. The van der Waals surface area contributed by atoms with Gasteiger partial charge in [0.2, 0.25) is 0 Å². The molecule has 4 nitrogen and oxygen atoms in total. The fraction of sp³-hybridized carbons (Fsp3) is 0.111. The first-order chi connectivity index (χ1) is 11.0. The van der Waals surface area contributed by atoms with Crippen LogP contribution in [-0.2, 0) is 0 Å². The Labute approximate surface area is 131 Å². The molecule has 0 radical (unpaired) electrons. The average molecular weight is 311 g/mol. The van der Waals surface area contributed by atoms with Gasteiger partial charge in [-0.2, -0.15) is 0 Å². The van der Waals surface area contributed by atoms with Crippen LogP contribution >= 0.6 is 0 Å². The Balaban J connectivity index is 2.02. The Kier molecular flexibility index (Phi) is 3.70. The summed E-state index contributed by atoms with van der Waals surface area (Å²) in [5.41, 5.74) is 1.75. The van der Waals surface area contributed by atoms with Gasteiger partial charge in [-0.1, -0.05) is 24.3 Å². The van der Waals surface area contributed by atoms with Gasteiger partial charge in [0.15, 0.2) is 5.76 Å². The molecule has 2 aromatic carbocycles. The Morgan fingerprint density at radius 1 is 1.09 bits per heavy atom. The third-order valence-corrected chi connectivity index (χ3v) is 3.67. The Hall–Kier alpha value is -2.95. The topological polar surface area (TPSA) is 59.3 Å². The van der Waals surface area contributed by atoms with Crippen LogP contribution in [0.25, 0.3) is 10.8 Å². The zero-order valence-corrected chi connectivity index (χ0v) is 12.6. The van der Waals surface area contributed by atoms with Crippen molar-refractivity contribution in [3.05, 3.63) is 75.6 Å². The highest BCUT2D eigenvalue weighted by Gasteiger charge is 2.14. The minimum absolute atomic E-state index is 0.105. The number of halogens is 1. The van der Waals surface area contributed by atoms with Crippen molar-refractivity contribution in [3.63, 3.8) is 0 Å². The van der Waals surface area contributed by atoms with E-state index in [0.29, 0.717) is 11.1 Å². The summed E-state index contributed by atoms with van der Waals surface area (Å²) in [4.78, 5) is 24.3. The number of anilines is 1. The summed E-state index contributed by atoms with van der Waals surface area (Å²) >= 11 is 0. The van der Waals surface area contributed by atoms with Crippen molar-refractivity contribution in [3.8, 4) is 0 Å². The lowest BCUT2D eigenvalue weighted by Crippen LogP contribution is -2.16. The van der Waals surface area contributed by atoms with Crippen LogP contribution in [0.1, 0.15) is 21.7 Å². The van der Waals surface area contributed by atoms with Gasteiger partial charge in [-0.3, -0.25) is 4.79 Å². The summed E-state index contributed by atoms with van der Waals surface area (Å²) in [6, 6.07) is 10.8. The number of carbonyl (C=O) groups excluding carboxylic acids is 1. The molecule has 0 aliphatic heterocycles. The molecule has 3 rings (SSSR count). The Morgan fingerprint density at radius 3 is 2.48 bits per heavy atom. The molecule has 3 aromatic rings. The highest BCUT2D eigenvalue weighted by molar-refractivity contribution is 6.04. The standard InChI is InChI=1S/C18H14FNO3/c1-10-4-3-5-11(2)16(10)20-17(21)15-8-12-6-7-13(19)9-14(12)18(22)23-15/h3-9H,1-2H3,(H,20,21). The molecule has 0 aliphatic carbocycles. The number of hydrogen-bond donors (Lipinski definition) is 1. The zero-order valence-electron chi connectivity index (χ0n) is 12.6. The number of fused-ring (bicyclic) bond motifs is 1. The SMILES string of the molecule is Cc1cccc(C)c1NC(=O)c1cc2ccc(F)cc2c(=O)o1. The van der Waals surface area contributed by atoms with Gasteiger partial charge < -0.3 is 9.73 Å². The quantitative estimate of drug-likeness (QED) is 0.783. The lowest BCUT2D eigenvalue weighted by Gasteiger charge is -2.11. The monoisotopic (exact) mass is 311 g/mol. The number of benzene rings is 2. The highest BCUT2D eigenvalue weighted by Crippen LogP contribution is 2.21. The van der Waals surface area contributed by atoms with E-state index >= 15 is 0 Å². The molecular formula is C18H14FNO3. The number of carbonyl (C=O) groups is 1. The lowest BCUT2D eigenvalue weighted by atomic mass is 10.1. The smallest absolute Gasteiger partial charge is 0.344 e. The van der Waals surface area contributed by atoms with Gasteiger partial charge in [-0.05, 0) is 48.6 Å². The second-order valence-electron chi connectivity index (χ2n) is 5.35. The van der Waals surface area contributed by atoms with Crippen LogP contribution in [0.15, 0.2) is 51.7 Å². The minimum atomic E-state index is -0.742. The molecule has 116 valence electrons. The van der Waals surface area contributed by atoms with E-state index < -0.39 is 17.3 Å². The first-order valence-electron chi connectivity index (χ1n) is 7.06. The van der Waals surface area contributed by atoms with Gasteiger partial charge >= 0.3 is 5.63 Å². The molecule has 0 bridgehead atoms. The maximum atomic E-state index is 13.2. The average Bonchev–Trinajstić information content (AvgIpc) is 2.51. The summed E-state index contributed by atoms with van der Waals surface area (Å²) in [6.07, 6.45) is 0. The van der Waals surface area contributed by atoms with E-state index in [9.17, 15) is 14.0 Å². The van der Waals surface area contributed by atoms with Gasteiger partial charge in [0.1, 0.15) is 5.82 Å². The molecule has 1 aromatic heterocycles. The Bertz CT molecular complexity index is 955. The molecule has 0 atom stereocenters. The van der Waals surface area contributed by atoms with Crippen LogP contribution in [0.3, 0.4) is 0 Å². The predicted molar refractivity (Wildman–Crippen MR) is 86.3 cm³/mol.